The highest BCUT2D eigenvalue weighted by molar-refractivity contribution is 7.99. The molecule has 0 bridgehead atoms. The molecule has 7 heteroatoms. The minimum atomic E-state index is -4.62. The molecular formula is C6H9F3O3S. The van der Waals surface area contributed by atoms with Crippen molar-refractivity contribution < 1.29 is 27.8 Å². The summed E-state index contributed by atoms with van der Waals surface area (Å²) in [6, 6.07) is 0. The number of aliphatic hydroxyl groups excluding tert-OH is 1. The van der Waals surface area contributed by atoms with Gasteiger partial charge >= 0.3 is 12.1 Å². The van der Waals surface area contributed by atoms with E-state index in [4.69, 9.17) is 5.11 Å². The molecule has 0 rings (SSSR count). The van der Waals surface area contributed by atoms with E-state index in [1.807, 2.05) is 0 Å². The Labute approximate surface area is 77.3 Å². The van der Waals surface area contributed by atoms with Crippen molar-refractivity contribution in [1.82, 2.24) is 0 Å². The molecule has 0 heterocycles. The predicted octanol–water partition coefficient (Wildman–Crippen LogP) is 0.816. The number of ether oxygens (including phenoxy) is 1. The zero-order valence-corrected chi connectivity index (χ0v) is 7.61. The van der Waals surface area contributed by atoms with Gasteiger partial charge < -0.3 is 9.84 Å². The zero-order chi connectivity index (χ0) is 10.5. The Hall–Kier alpha value is -0.430. The van der Waals surface area contributed by atoms with E-state index in [0.29, 0.717) is 11.8 Å². The molecule has 0 aromatic heterocycles. The number of thioether (sulfide) groups is 1. The predicted molar refractivity (Wildman–Crippen MR) is 41.4 cm³/mol. The number of halogens is 3. The first kappa shape index (κ1) is 12.6. The summed E-state index contributed by atoms with van der Waals surface area (Å²) < 4.78 is 39.2. The van der Waals surface area contributed by atoms with Crippen LogP contribution in [0.4, 0.5) is 13.2 Å². The van der Waals surface area contributed by atoms with E-state index in [2.05, 4.69) is 4.74 Å². The van der Waals surface area contributed by atoms with Crippen molar-refractivity contribution in [2.75, 3.05) is 18.6 Å². The van der Waals surface area contributed by atoms with Gasteiger partial charge in [0.25, 0.3) is 0 Å². The molecule has 0 saturated heterocycles. The van der Waals surface area contributed by atoms with Crippen molar-refractivity contribution in [3.63, 3.8) is 0 Å². The van der Waals surface area contributed by atoms with Crippen LogP contribution in [-0.2, 0) is 9.53 Å². The largest absolute Gasteiger partial charge is 0.468 e. The van der Waals surface area contributed by atoms with Crippen LogP contribution in [0.15, 0.2) is 0 Å². The maximum Gasteiger partial charge on any atom is 0.415 e. The topological polar surface area (TPSA) is 46.5 Å². The second kappa shape index (κ2) is 5.33. The Balaban J connectivity index is 3.60. The molecule has 1 unspecified atom stereocenters. The van der Waals surface area contributed by atoms with Gasteiger partial charge in [0.05, 0.1) is 12.9 Å². The number of alkyl halides is 3. The van der Waals surface area contributed by atoms with Crippen molar-refractivity contribution in [1.29, 1.82) is 0 Å². The van der Waals surface area contributed by atoms with E-state index in [9.17, 15) is 18.0 Å². The Morgan fingerprint density at radius 2 is 2.15 bits per heavy atom. The lowest BCUT2D eigenvalue weighted by molar-refractivity contribution is -0.195. The fourth-order valence-electron chi connectivity index (χ4n) is 0.407. The molecule has 0 aliphatic heterocycles. The summed E-state index contributed by atoms with van der Waals surface area (Å²) in [7, 11) is 1.14. The highest BCUT2D eigenvalue weighted by Gasteiger charge is 2.37. The van der Waals surface area contributed by atoms with Crippen LogP contribution in [-0.4, -0.2) is 42.0 Å². The summed E-state index contributed by atoms with van der Waals surface area (Å²) in [4.78, 5) is 10.4. The van der Waals surface area contributed by atoms with Gasteiger partial charge in [-0.3, -0.25) is 4.79 Å². The van der Waals surface area contributed by atoms with Crippen molar-refractivity contribution in [3.8, 4) is 0 Å². The van der Waals surface area contributed by atoms with Crippen molar-refractivity contribution >= 4 is 17.7 Å². The summed E-state index contributed by atoms with van der Waals surface area (Å²) in [5.41, 5.74) is 0. The van der Waals surface area contributed by atoms with Crippen LogP contribution in [0, 0.1) is 0 Å². The number of carbonyl (C=O) groups is 1. The summed E-state index contributed by atoms with van der Waals surface area (Å²) in [5.74, 6) is -1.36. The highest BCUT2D eigenvalue weighted by Crippen LogP contribution is 2.22. The second-order valence-electron chi connectivity index (χ2n) is 2.15. The normalized spacial score (nSPS) is 13.9. The first-order chi connectivity index (χ1) is 5.88. The van der Waals surface area contributed by atoms with Crippen LogP contribution in [0.3, 0.4) is 0 Å². The molecule has 0 aromatic rings. The number of esters is 1. The first-order valence-corrected chi connectivity index (χ1v) is 4.42. The van der Waals surface area contributed by atoms with E-state index in [-0.39, 0.29) is 5.75 Å². The molecule has 0 saturated carbocycles. The minimum absolute atomic E-state index is 0.191. The lowest BCUT2D eigenvalue weighted by atomic mass is 10.4. The van der Waals surface area contributed by atoms with Crippen LogP contribution < -0.4 is 0 Å². The quantitative estimate of drug-likeness (QED) is 0.709. The van der Waals surface area contributed by atoms with Crippen LogP contribution >= 0.6 is 11.8 Å². The van der Waals surface area contributed by atoms with Crippen LogP contribution in [0.2, 0.25) is 0 Å². The van der Waals surface area contributed by atoms with Gasteiger partial charge in [-0.25, -0.2) is 0 Å². The van der Waals surface area contributed by atoms with Crippen molar-refractivity contribution in [2.24, 2.45) is 0 Å². The molecule has 0 fully saturated rings. The van der Waals surface area contributed by atoms with E-state index in [1.165, 1.54) is 0 Å². The van der Waals surface area contributed by atoms with Gasteiger partial charge in [0.1, 0.15) is 0 Å². The van der Waals surface area contributed by atoms with E-state index in [1.54, 1.807) is 0 Å². The Morgan fingerprint density at radius 3 is 2.54 bits per heavy atom. The average molecular weight is 218 g/mol. The van der Waals surface area contributed by atoms with E-state index in [0.717, 1.165) is 7.11 Å². The SMILES string of the molecule is COC(=O)CSCC(O)C(F)(F)F. The lowest BCUT2D eigenvalue weighted by Gasteiger charge is -2.13. The molecule has 78 valence electrons. The standard InChI is InChI=1S/C6H9F3O3S/c1-12-5(11)3-13-2-4(10)6(7,8)9/h4,10H,2-3H2,1H3. The molecule has 0 amide bonds. The number of aliphatic hydroxyl groups is 1. The van der Waals surface area contributed by atoms with Gasteiger partial charge in [0.15, 0.2) is 6.10 Å². The third-order valence-electron chi connectivity index (χ3n) is 1.10. The molecule has 1 atom stereocenters. The number of methoxy groups -OCH3 is 1. The van der Waals surface area contributed by atoms with Gasteiger partial charge in [0.2, 0.25) is 0 Å². The molecule has 0 aliphatic rings. The third-order valence-corrected chi connectivity index (χ3v) is 2.09. The number of hydrogen-bond acceptors (Lipinski definition) is 4. The molecule has 0 radical (unpaired) electrons. The van der Waals surface area contributed by atoms with E-state index < -0.39 is 24.0 Å². The monoisotopic (exact) mass is 218 g/mol. The third kappa shape index (κ3) is 5.75. The van der Waals surface area contributed by atoms with Crippen LogP contribution in [0.5, 0.6) is 0 Å². The Morgan fingerprint density at radius 1 is 1.62 bits per heavy atom. The zero-order valence-electron chi connectivity index (χ0n) is 6.80. The number of carbonyl (C=O) groups excluding carboxylic acids is 1. The molecular weight excluding hydrogens is 209 g/mol. The van der Waals surface area contributed by atoms with Gasteiger partial charge in [-0.15, -0.1) is 11.8 Å². The minimum Gasteiger partial charge on any atom is -0.468 e. The summed E-state index contributed by atoms with van der Waals surface area (Å²) in [6.07, 6.45) is -7.01. The van der Waals surface area contributed by atoms with Gasteiger partial charge in [-0.1, -0.05) is 0 Å². The molecule has 3 nitrogen and oxygen atoms in total. The molecule has 0 aromatic carbocycles. The van der Waals surface area contributed by atoms with Gasteiger partial charge in [-0.05, 0) is 0 Å². The maximum atomic E-state index is 11.7. The summed E-state index contributed by atoms with van der Waals surface area (Å²) in [6.45, 7) is 0. The summed E-state index contributed by atoms with van der Waals surface area (Å²) in [5, 5.41) is 8.47. The Kier molecular flexibility index (Phi) is 5.16. The van der Waals surface area contributed by atoms with E-state index >= 15 is 0 Å². The molecule has 0 aliphatic carbocycles. The van der Waals surface area contributed by atoms with Gasteiger partial charge in [0, 0.05) is 5.75 Å². The lowest BCUT2D eigenvalue weighted by Crippen LogP contribution is -2.31. The fourth-order valence-corrected chi connectivity index (χ4v) is 1.22. The van der Waals surface area contributed by atoms with Gasteiger partial charge in [-0.2, -0.15) is 13.2 Å². The maximum absolute atomic E-state index is 11.7. The summed E-state index contributed by atoms with van der Waals surface area (Å²) >= 11 is 0.676. The highest BCUT2D eigenvalue weighted by atomic mass is 32.2. The van der Waals surface area contributed by atoms with Crippen LogP contribution in [0.1, 0.15) is 0 Å². The first-order valence-electron chi connectivity index (χ1n) is 3.27. The number of rotatable bonds is 4. The molecule has 1 N–H and O–H groups in total. The second-order valence-corrected chi connectivity index (χ2v) is 3.18. The molecule has 13 heavy (non-hydrogen) atoms. The number of hydrogen-bond donors (Lipinski definition) is 1. The Bertz CT molecular complexity index is 171. The van der Waals surface area contributed by atoms with Crippen LogP contribution in [0.25, 0.3) is 0 Å². The van der Waals surface area contributed by atoms with Crippen molar-refractivity contribution in [3.05, 3.63) is 0 Å². The molecule has 0 spiro atoms. The smallest absolute Gasteiger partial charge is 0.415 e. The fraction of sp³-hybridized carbons (Fsp3) is 0.833. The van der Waals surface area contributed by atoms with Crippen molar-refractivity contribution in [2.45, 2.75) is 12.3 Å². The average Bonchev–Trinajstić information content (AvgIpc) is 2.02.